The minimum atomic E-state index is 0.626. The van der Waals surface area contributed by atoms with Crippen molar-refractivity contribution in [3.05, 3.63) is 50.5 Å². The van der Waals surface area contributed by atoms with Gasteiger partial charge in [0.2, 0.25) is 5.88 Å². The van der Waals surface area contributed by atoms with E-state index in [-0.39, 0.29) is 0 Å². The second-order valence-electron chi connectivity index (χ2n) is 4.13. The lowest BCUT2D eigenvalue weighted by molar-refractivity contribution is 0.396. The van der Waals surface area contributed by atoms with Gasteiger partial charge in [0.1, 0.15) is 0 Å². The first-order valence-corrected chi connectivity index (χ1v) is 7.38. The maximum Gasteiger partial charge on any atom is 0.213 e. The van der Waals surface area contributed by atoms with Crippen LogP contribution in [-0.2, 0) is 6.54 Å². The summed E-state index contributed by atoms with van der Waals surface area (Å²) in [7, 11) is 1.62. The number of halogens is 2. The van der Waals surface area contributed by atoms with Gasteiger partial charge in [-0.15, -0.1) is 0 Å². The molecule has 3 nitrogen and oxygen atoms in total. The first kappa shape index (κ1) is 14.3. The quantitative estimate of drug-likeness (QED) is 0.839. The molecule has 0 radical (unpaired) electrons. The summed E-state index contributed by atoms with van der Waals surface area (Å²) < 4.78 is 7.17. The highest BCUT2D eigenvalue weighted by molar-refractivity contribution is 9.11. The van der Waals surface area contributed by atoms with E-state index in [4.69, 9.17) is 4.74 Å². The molecule has 0 spiro atoms. The molecule has 0 fully saturated rings. The fourth-order valence-corrected chi connectivity index (χ4v) is 3.41. The summed E-state index contributed by atoms with van der Waals surface area (Å²) in [5.41, 5.74) is 3.15. The van der Waals surface area contributed by atoms with E-state index in [2.05, 4.69) is 61.2 Å². The number of anilines is 1. The summed E-state index contributed by atoms with van der Waals surface area (Å²) in [4.78, 5) is 4.37. The van der Waals surface area contributed by atoms with Gasteiger partial charge >= 0.3 is 0 Å². The number of rotatable bonds is 4. The molecule has 0 atom stereocenters. The number of ether oxygens (including phenoxy) is 1. The summed E-state index contributed by atoms with van der Waals surface area (Å²) in [5, 5.41) is 3.36. The van der Waals surface area contributed by atoms with Crippen molar-refractivity contribution in [2.24, 2.45) is 0 Å². The molecule has 0 aliphatic heterocycles. The molecule has 0 saturated heterocycles. The van der Waals surface area contributed by atoms with Crippen LogP contribution in [0.2, 0.25) is 0 Å². The predicted molar refractivity (Wildman–Crippen MR) is 84.7 cm³/mol. The van der Waals surface area contributed by atoms with E-state index < -0.39 is 0 Å². The Kier molecular flexibility index (Phi) is 4.82. The molecule has 19 heavy (non-hydrogen) atoms. The Bertz CT molecular complexity index is 564. The average Bonchev–Trinajstić information content (AvgIpc) is 2.37. The highest BCUT2D eigenvalue weighted by Crippen LogP contribution is 2.32. The van der Waals surface area contributed by atoms with Gasteiger partial charge in [-0.3, -0.25) is 0 Å². The molecule has 0 unspecified atom stereocenters. The van der Waals surface area contributed by atoms with E-state index in [0.29, 0.717) is 12.4 Å². The fraction of sp³-hybridized carbons (Fsp3) is 0.214. The molecule has 0 amide bonds. The number of nitrogens with zero attached hydrogens (tertiary/aromatic N) is 1. The van der Waals surface area contributed by atoms with Crippen molar-refractivity contribution in [3.8, 4) is 5.88 Å². The number of methoxy groups -OCH3 is 1. The number of aryl methyl sites for hydroxylation is 1. The SMILES string of the molecule is COc1cccc(CNc2c(Br)cc(C)cc2Br)n1. The molecule has 100 valence electrons. The molecule has 0 saturated carbocycles. The Morgan fingerprint density at radius 3 is 2.53 bits per heavy atom. The zero-order valence-electron chi connectivity index (χ0n) is 10.7. The number of nitrogens with one attached hydrogen (secondary N) is 1. The van der Waals surface area contributed by atoms with E-state index in [1.807, 2.05) is 18.2 Å². The first-order valence-electron chi connectivity index (χ1n) is 5.79. The Morgan fingerprint density at radius 2 is 1.89 bits per heavy atom. The third kappa shape index (κ3) is 3.70. The third-order valence-electron chi connectivity index (χ3n) is 2.62. The maximum atomic E-state index is 5.11. The monoisotopic (exact) mass is 384 g/mol. The lowest BCUT2D eigenvalue weighted by Crippen LogP contribution is -2.03. The third-order valence-corrected chi connectivity index (χ3v) is 3.87. The van der Waals surface area contributed by atoms with Crippen LogP contribution in [-0.4, -0.2) is 12.1 Å². The number of pyridine rings is 1. The van der Waals surface area contributed by atoms with E-state index in [1.54, 1.807) is 7.11 Å². The van der Waals surface area contributed by atoms with E-state index in [1.165, 1.54) is 5.56 Å². The molecule has 0 aliphatic carbocycles. The van der Waals surface area contributed by atoms with Crippen LogP contribution in [0, 0.1) is 6.92 Å². The van der Waals surface area contributed by atoms with Crippen molar-refractivity contribution in [1.82, 2.24) is 4.98 Å². The van der Waals surface area contributed by atoms with E-state index >= 15 is 0 Å². The standard InChI is InChI=1S/C14H14Br2N2O/c1-9-6-11(15)14(12(16)7-9)17-8-10-4-3-5-13(18-10)19-2/h3-7,17H,8H2,1-2H3. The highest BCUT2D eigenvalue weighted by Gasteiger charge is 2.06. The minimum absolute atomic E-state index is 0.626. The predicted octanol–water partition coefficient (Wildman–Crippen LogP) is 4.54. The Hall–Kier alpha value is -1.07. The van der Waals surface area contributed by atoms with Gasteiger partial charge in [-0.05, 0) is 62.5 Å². The van der Waals surface area contributed by atoms with E-state index in [0.717, 1.165) is 20.3 Å². The molecule has 2 rings (SSSR count). The van der Waals surface area contributed by atoms with Gasteiger partial charge < -0.3 is 10.1 Å². The summed E-state index contributed by atoms with van der Waals surface area (Å²) in [6, 6.07) is 9.88. The van der Waals surface area contributed by atoms with Crippen molar-refractivity contribution in [2.45, 2.75) is 13.5 Å². The maximum absolute atomic E-state index is 5.11. The minimum Gasteiger partial charge on any atom is -0.481 e. The Labute approximate surface area is 129 Å². The van der Waals surface area contributed by atoms with Gasteiger partial charge in [0.25, 0.3) is 0 Å². The van der Waals surface area contributed by atoms with Crippen molar-refractivity contribution in [3.63, 3.8) is 0 Å². The van der Waals surface area contributed by atoms with Crippen LogP contribution in [0.1, 0.15) is 11.3 Å². The van der Waals surface area contributed by atoms with Gasteiger partial charge in [0.05, 0.1) is 25.0 Å². The second-order valence-corrected chi connectivity index (χ2v) is 5.84. The molecule has 0 aliphatic rings. The van der Waals surface area contributed by atoms with Gasteiger partial charge in [-0.1, -0.05) is 6.07 Å². The van der Waals surface area contributed by atoms with Gasteiger partial charge in [-0.25, -0.2) is 4.98 Å². The molecular weight excluding hydrogens is 372 g/mol. The first-order chi connectivity index (χ1) is 9.10. The normalized spacial score (nSPS) is 10.3. The number of aromatic nitrogens is 1. The van der Waals surface area contributed by atoms with Crippen molar-refractivity contribution in [1.29, 1.82) is 0 Å². The molecule has 1 N–H and O–H groups in total. The summed E-state index contributed by atoms with van der Waals surface area (Å²) in [6.45, 7) is 2.69. The Balaban J connectivity index is 2.14. The molecular formula is C14H14Br2N2O. The zero-order chi connectivity index (χ0) is 13.8. The van der Waals surface area contributed by atoms with Crippen molar-refractivity contribution < 1.29 is 4.74 Å². The van der Waals surface area contributed by atoms with Gasteiger partial charge in [0, 0.05) is 15.0 Å². The Morgan fingerprint density at radius 1 is 1.21 bits per heavy atom. The van der Waals surface area contributed by atoms with Gasteiger partial charge in [-0.2, -0.15) is 0 Å². The molecule has 5 heteroatoms. The number of hydrogen-bond acceptors (Lipinski definition) is 3. The second kappa shape index (κ2) is 6.39. The smallest absolute Gasteiger partial charge is 0.213 e. The van der Waals surface area contributed by atoms with Crippen molar-refractivity contribution in [2.75, 3.05) is 12.4 Å². The van der Waals surface area contributed by atoms with Crippen LogP contribution < -0.4 is 10.1 Å². The molecule has 1 heterocycles. The molecule has 1 aromatic heterocycles. The topological polar surface area (TPSA) is 34.1 Å². The summed E-state index contributed by atoms with van der Waals surface area (Å²) >= 11 is 7.12. The molecule has 0 bridgehead atoms. The van der Waals surface area contributed by atoms with E-state index in [9.17, 15) is 0 Å². The largest absolute Gasteiger partial charge is 0.481 e. The number of benzene rings is 1. The summed E-state index contributed by atoms with van der Waals surface area (Å²) in [6.07, 6.45) is 0. The van der Waals surface area contributed by atoms with Crippen LogP contribution in [0.25, 0.3) is 0 Å². The van der Waals surface area contributed by atoms with Crippen molar-refractivity contribution >= 4 is 37.5 Å². The van der Waals surface area contributed by atoms with Gasteiger partial charge in [0.15, 0.2) is 0 Å². The molecule has 2 aromatic rings. The lowest BCUT2D eigenvalue weighted by Gasteiger charge is -2.12. The summed E-state index contributed by atoms with van der Waals surface area (Å²) in [5.74, 6) is 0.626. The van der Waals surface area contributed by atoms with Crippen LogP contribution in [0.4, 0.5) is 5.69 Å². The number of hydrogen-bond donors (Lipinski definition) is 1. The fourth-order valence-electron chi connectivity index (χ4n) is 1.72. The zero-order valence-corrected chi connectivity index (χ0v) is 13.9. The van der Waals surface area contributed by atoms with Crippen LogP contribution in [0.3, 0.4) is 0 Å². The highest BCUT2D eigenvalue weighted by atomic mass is 79.9. The van der Waals surface area contributed by atoms with Crippen LogP contribution in [0.5, 0.6) is 5.88 Å². The van der Waals surface area contributed by atoms with Crippen LogP contribution in [0.15, 0.2) is 39.3 Å². The molecule has 1 aromatic carbocycles. The average molecular weight is 386 g/mol. The van der Waals surface area contributed by atoms with Crippen LogP contribution >= 0.6 is 31.9 Å². The lowest BCUT2D eigenvalue weighted by atomic mass is 10.2.